The number of carbonyl (C=O) groups excluding carboxylic acids is 1. The number of methoxy groups -OCH3 is 2. The summed E-state index contributed by atoms with van der Waals surface area (Å²) < 4.78 is 10.6. The molecule has 1 saturated heterocycles. The molecule has 0 aliphatic carbocycles. The lowest BCUT2D eigenvalue weighted by Crippen LogP contribution is -2.46. The molecule has 27 heavy (non-hydrogen) atoms. The quantitative estimate of drug-likeness (QED) is 0.746. The maximum atomic E-state index is 13.3. The molecule has 0 unspecified atom stereocenters. The summed E-state index contributed by atoms with van der Waals surface area (Å²) in [6, 6.07) is 13.6. The second kappa shape index (κ2) is 7.32. The molecular weight excluding hydrogens is 342 g/mol. The number of nitrogens with zero attached hydrogens (tertiary/aromatic N) is 1. The Morgan fingerprint density at radius 3 is 2.30 bits per heavy atom. The average Bonchev–Trinajstić information content (AvgIpc) is 3.12. The second-order valence-electron chi connectivity index (χ2n) is 6.56. The maximum absolute atomic E-state index is 13.3. The third-order valence-corrected chi connectivity index (χ3v) is 5.00. The molecule has 2 heterocycles. The van der Waals surface area contributed by atoms with Crippen molar-refractivity contribution in [1.29, 1.82) is 0 Å². The zero-order valence-electron chi connectivity index (χ0n) is 15.5. The molecule has 3 aromatic rings. The molecule has 1 aliphatic rings. The molecule has 2 N–H and O–H groups in total. The van der Waals surface area contributed by atoms with E-state index in [0.29, 0.717) is 18.8 Å². The lowest BCUT2D eigenvalue weighted by molar-refractivity contribution is 0.0731. The number of hydrogen-bond donors (Lipinski definition) is 2. The van der Waals surface area contributed by atoms with Crippen molar-refractivity contribution in [3.63, 3.8) is 0 Å². The van der Waals surface area contributed by atoms with Gasteiger partial charge in [-0.15, -0.1) is 0 Å². The van der Waals surface area contributed by atoms with Gasteiger partial charge in [0.2, 0.25) is 0 Å². The van der Waals surface area contributed by atoms with Gasteiger partial charge >= 0.3 is 0 Å². The van der Waals surface area contributed by atoms with E-state index in [9.17, 15) is 4.79 Å². The first-order valence-electron chi connectivity index (χ1n) is 9.05. The SMILES string of the molecule is COc1ccc(-c2c(C(=O)N3CCNCC3)[nH]c3cc(OC)ccc23)cc1. The molecule has 1 aromatic heterocycles. The van der Waals surface area contributed by atoms with E-state index in [2.05, 4.69) is 10.3 Å². The van der Waals surface area contributed by atoms with Gasteiger partial charge in [-0.3, -0.25) is 4.79 Å². The first-order valence-corrected chi connectivity index (χ1v) is 9.05. The highest BCUT2D eigenvalue weighted by Crippen LogP contribution is 2.35. The van der Waals surface area contributed by atoms with Gasteiger partial charge in [0.25, 0.3) is 5.91 Å². The molecule has 0 atom stereocenters. The van der Waals surface area contributed by atoms with Crippen LogP contribution in [0.25, 0.3) is 22.0 Å². The fourth-order valence-electron chi connectivity index (χ4n) is 3.55. The maximum Gasteiger partial charge on any atom is 0.271 e. The number of hydrogen-bond acceptors (Lipinski definition) is 4. The Morgan fingerprint density at radius 1 is 0.963 bits per heavy atom. The zero-order valence-corrected chi connectivity index (χ0v) is 15.5. The Bertz CT molecular complexity index is 957. The number of carbonyl (C=O) groups is 1. The Morgan fingerprint density at radius 2 is 1.63 bits per heavy atom. The molecule has 4 rings (SSSR count). The van der Waals surface area contributed by atoms with Crippen molar-refractivity contribution in [2.75, 3.05) is 40.4 Å². The number of nitrogens with one attached hydrogen (secondary N) is 2. The third kappa shape index (κ3) is 3.24. The number of rotatable bonds is 4. The lowest BCUT2D eigenvalue weighted by atomic mass is 10.0. The summed E-state index contributed by atoms with van der Waals surface area (Å²) in [5.74, 6) is 1.57. The van der Waals surface area contributed by atoms with Gasteiger partial charge in [0, 0.05) is 43.2 Å². The molecule has 6 nitrogen and oxygen atoms in total. The lowest BCUT2D eigenvalue weighted by Gasteiger charge is -2.27. The van der Waals surface area contributed by atoms with Gasteiger partial charge < -0.3 is 24.7 Å². The van der Waals surface area contributed by atoms with Gasteiger partial charge in [0.05, 0.1) is 19.7 Å². The van der Waals surface area contributed by atoms with Crippen molar-refractivity contribution >= 4 is 16.8 Å². The Hall–Kier alpha value is -2.99. The molecule has 0 radical (unpaired) electrons. The summed E-state index contributed by atoms with van der Waals surface area (Å²) >= 11 is 0. The van der Waals surface area contributed by atoms with E-state index in [1.807, 2.05) is 47.4 Å². The molecule has 0 spiro atoms. The van der Waals surface area contributed by atoms with Crippen LogP contribution in [0.2, 0.25) is 0 Å². The van der Waals surface area contributed by atoms with Crippen molar-refractivity contribution in [3.05, 3.63) is 48.2 Å². The van der Waals surface area contributed by atoms with E-state index in [4.69, 9.17) is 9.47 Å². The van der Waals surface area contributed by atoms with Gasteiger partial charge in [-0.25, -0.2) is 0 Å². The molecule has 0 bridgehead atoms. The highest BCUT2D eigenvalue weighted by molar-refractivity contribution is 6.10. The van der Waals surface area contributed by atoms with Gasteiger partial charge in [-0.2, -0.15) is 0 Å². The number of amides is 1. The number of fused-ring (bicyclic) bond motifs is 1. The minimum absolute atomic E-state index is 0.0254. The zero-order chi connectivity index (χ0) is 18.8. The van der Waals surface area contributed by atoms with Crippen molar-refractivity contribution in [1.82, 2.24) is 15.2 Å². The van der Waals surface area contributed by atoms with Gasteiger partial charge in [-0.1, -0.05) is 12.1 Å². The fraction of sp³-hybridized carbons (Fsp3) is 0.286. The number of aromatic amines is 1. The average molecular weight is 365 g/mol. The van der Waals surface area contributed by atoms with E-state index in [1.54, 1.807) is 14.2 Å². The second-order valence-corrected chi connectivity index (χ2v) is 6.56. The first-order chi connectivity index (χ1) is 13.2. The van der Waals surface area contributed by atoms with Crippen LogP contribution in [0, 0.1) is 0 Å². The minimum atomic E-state index is 0.0254. The van der Waals surface area contributed by atoms with Crippen LogP contribution in [0.3, 0.4) is 0 Å². The van der Waals surface area contributed by atoms with Crippen LogP contribution < -0.4 is 14.8 Å². The number of benzene rings is 2. The predicted octanol–water partition coefficient (Wildman–Crippen LogP) is 2.90. The summed E-state index contributed by atoms with van der Waals surface area (Å²) in [6.07, 6.45) is 0. The Balaban J connectivity index is 1.86. The predicted molar refractivity (Wildman–Crippen MR) is 106 cm³/mol. The number of H-pyrrole nitrogens is 1. The highest BCUT2D eigenvalue weighted by Gasteiger charge is 2.25. The van der Waals surface area contributed by atoms with Crippen LogP contribution in [-0.2, 0) is 0 Å². The fourth-order valence-corrected chi connectivity index (χ4v) is 3.55. The molecule has 1 aliphatic heterocycles. The van der Waals surface area contributed by atoms with E-state index < -0.39 is 0 Å². The van der Waals surface area contributed by atoms with Crippen molar-refractivity contribution in [2.45, 2.75) is 0 Å². The van der Waals surface area contributed by atoms with E-state index in [-0.39, 0.29) is 5.91 Å². The van der Waals surface area contributed by atoms with Crippen LogP contribution in [-0.4, -0.2) is 56.2 Å². The molecule has 1 fully saturated rings. The summed E-state index contributed by atoms with van der Waals surface area (Å²) in [5.41, 5.74) is 3.40. The molecule has 0 saturated carbocycles. The van der Waals surface area contributed by atoms with Crippen LogP contribution in [0.4, 0.5) is 0 Å². The largest absolute Gasteiger partial charge is 0.497 e. The van der Waals surface area contributed by atoms with Gasteiger partial charge in [0.1, 0.15) is 17.2 Å². The first kappa shape index (κ1) is 17.4. The Kier molecular flexibility index (Phi) is 4.73. The summed E-state index contributed by atoms with van der Waals surface area (Å²) in [4.78, 5) is 18.5. The monoisotopic (exact) mass is 365 g/mol. The van der Waals surface area contributed by atoms with Crippen molar-refractivity contribution < 1.29 is 14.3 Å². The molecule has 140 valence electrons. The van der Waals surface area contributed by atoms with E-state index in [0.717, 1.165) is 46.6 Å². The molecule has 2 aromatic carbocycles. The summed E-state index contributed by atoms with van der Waals surface area (Å²) in [7, 11) is 3.29. The highest BCUT2D eigenvalue weighted by atomic mass is 16.5. The Labute approximate surface area is 158 Å². The minimum Gasteiger partial charge on any atom is -0.497 e. The normalized spacial score (nSPS) is 14.4. The van der Waals surface area contributed by atoms with E-state index in [1.165, 1.54) is 0 Å². The van der Waals surface area contributed by atoms with Crippen molar-refractivity contribution in [3.8, 4) is 22.6 Å². The smallest absolute Gasteiger partial charge is 0.271 e. The number of aromatic nitrogens is 1. The van der Waals surface area contributed by atoms with Gasteiger partial charge in [0.15, 0.2) is 0 Å². The summed E-state index contributed by atoms with van der Waals surface area (Å²) in [6.45, 7) is 3.05. The van der Waals surface area contributed by atoms with Crippen LogP contribution in [0.15, 0.2) is 42.5 Å². The number of piperazine rings is 1. The van der Waals surface area contributed by atoms with Crippen LogP contribution >= 0.6 is 0 Å². The topological polar surface area (TPSA) is 66.6 Å². The third-order valence-electron chi connectivity index (χ3n) is 5.00. The van der Waals surface area contributed by atoms with Crippen LogP contribution in [0.1, 0.15) is 10.5 Å². The van der Waals surface area contributed by atoms with Crippen LogP contribution in [0.5, 0.6) is 11.5 Å². The molecule has 6 heteroatoms. The standard InChI is InChI=1S/C21H23N3O3/c1-26-15-5-3-14(4-6-15)19-17-8-7-16(27-2)13-18(17)23-20(19)21(25)24-11-9-22-10-12-24/h3-8,13,22-23H,9-12H2,1-2H3. The molecular formula is C21H23N3O3. The van der Waals surface area contributed by atoms with Crippen molar-refractivity contribution in [2.24, 2.45) is 0 Å². The number of ether oxygens (including phenoxy) is 2. The summed E-state index contributed by atoms with van der Waals surface area (Å²) in [5, 5.41) is 4.29. The van der Waals surface area contributed by atoms with Gasteiger partial charge in [-0.05, 0) is 29.8 Å². The molecule has 1 amide bonds. The van der Waals surface area contributed by atoms with E-state index >= 15 is 0 Å².